The molecule has 1 aromatic heterocycles. The van der Waals surface area contributed by atoms with E-state index in [1.54, 1.807) is 76.2 Å². The number of imide groups is 1. The number of rotatable bonds is 9. The molecule has 0 spiro atoms. The van der Waals surface area contributed by atoms with Gasteiger partial charge in [-0.3, -0.25) is 4.79 Å². The number of nitrogens with zero attached hydrogens (tertiary/aromatic N) is 6. The molecule has 2 amide bonds. The summed E-state index contributed by atoms with van der Waals surface area (Å²) in [6.07, 6.45) is 1.55. The van der Waals surface area contributed by atoms with Gasteiger partial charge in [0.1, 0.15) is 5.60 Å². The summed E-state index contributed by atoms with van der Waals surface area (Å²) in [6, 6.07) is 12.7. The number of carbonyl (C=O) groups excluding carboxylic acids is 3. The molecule has 14 nitrogen and oxygen atoms in total. The highest BCUT2D eigenvalue weighted by Crippen LogP contribution is 2.38. The SMILES string of the molecule is COC(=O)[C@](C)(Cc1ccc(N(C(=O)OC(C)(C)C)C(=O)C2CCNCC2)cc1)n1nnnc1C1CCCN1S(=O)(=O)c1ccc(C)cc1. The van der Waals surface area contributed by atoms with Crippen molar-refractivity contribution in [2.75, 3.05) is 31.6 Å². The minimum Gasteiger partial charge on any atom is -0.467 e. The summed E-state index contributed by atoms with van der Waals surface area (Å²) < 4.78 is 41.1. The van der Waals surface area contributed by atoms with Gasteiger partial charge in [0, 0.05) is 18.9 Å². The van der Waals surface area contributed by atoms with E-state index in [9.17, 15) is 22.8 Å². The quantitative estimate of drug-likeness (QED) is 0.323. The summed E-state index contributed by atoms with van der Waals surface area (Å²) in [7, 11) is -2.62. The zero-order chi connectivity index (χ0) is 35.6. The Labute approximate surface area is 287 Å². The van der Waals surface area contributed by atoms with E-state index in [0.29, 0.717) is 50.0 Å². The topological polar surface area (TPSA) is 166 Å². The molecule has 0 bridgehead atoms. The van der Waals surface area contributed by atoms with Gasteiger partial charge in [-0.25, -0.2) is 27.6 Å². The minimum absolute atomic E-state index is 0.0596. The highest BCUT2D eigenvalue weighted by atomic mass is 32.2. The molecule has 2 fully saturated rings. The van der Waals surface area contributed by atoms with Crippen LogP contribution in [0.3, 0.4) is 0 Å². The molecule has 2 saturated heterocycles. The average molecular weight is 696 g/mol. The maximum Gasteiger partial charge on any atom is 0.421 e. The molecule has 0 saturated carbocycles. The second kappa shape index (κ2) is 14.3. The van der Waals surface area contributed by atoms with Crippen LogP contribution in [0, 0.1) is 12.8 Å². The molecule has 0 aliphatic carbocycles. The van der Waals surface area contributed by atoms with Gasteiger partial charge in [0.15, 0.2) is 11.4 Å². The van der Waals surface area contributed by atoms with Gasteiger partial charge in [0.2, 0.25) is 15.9 Å². The molecule has 2 atom stereocenters. The molecule has 2 aliphatic heterocycles. The van der Waals surface area contributed by atoms with Crippen molar-refractivity contribution in [3.05, 3.63) is 65.5 Å². The van der Waals surface area contributed by atoms with Crippen LogP contribution in [0.4, 0.5) is 10.5 Å². The molecule has 49 heavy (non-hydrogen) atoms. The number of hydrogen-bond acceptors (Lipinski definition) is 11. The Bertz CT molecular complexity index is 1760. The van der Waals surface area contributed by atoms with Crippen LogP contribution in [0.2, 0.25) is 0 Å². The minimum atomic E-state index is -3.89. The zero-order valence-corrected chi connectivity index (χ0v) is 29.7. The molecule has 264 valence electrons. The molecular weight excluding hydrogens is 650 g/mol. The lowest BCUT2D eigenvalue weighted by molar-refractivity contribution is -0.151. The van der Waals surface area contributed by atoms with Crippen LogP contribution in [0.5, 0.6) is 0 Å². The molecule has 3 heterocycles. The summed E-state index contributed by atoms with van der Waals surface area (Å²) in [5.41, 5.74) is -0.357. The number of ether oxygens (including phenoxy) is 2. The van der Waals surface area contributed by atoms with Crippen LogP contribution in [0.1, 0.15) is 76.4 Å². The van der Waals surface area contributed by atoms with Crippen molar-refractivity contribution in [2.45, 2.75) is 88.8 Å². The number of tetrazole rings is 1. The van der Waals surface area contributed by atoms with Crippen molar-refractivity contribution in [2.24, 2.45) is 5.92 Å². The van der Waals surface area contributed by atoms with Gasteiger partial charge in [-0.2, -0.15) is 4.31 Å². The van der Waals surface area contributed by atoms with E-state index in [0.717, 1.165) is 10.5 Å². The van der Waals surface area contributed by atoms with Crippen LogP contribution in [-0.4, -0.2) is 83.2 Å². The number of aromatic nitrogens is 4. The van der Waals surface area contributed by atoms with E-state index >= 15 is 0 Å². The Morgan fingerprint density at radius 3 is 2.24 bits per heavy atom. The van der Waals surface area contributed by atoms with E-state index in [1.165, 1.54) is 16.1 Å². The van der Waals surface area contributed by atoms with Crippen molar-refractivity contribution in [3.63, 3.8) is 0 Å². The number of piperidine rings is 1. The summed E-state index contributed by atoms with van der Waals surface area (Å²) >= 11 is 0. The standard InChI is InChI=1S/C34H45N7O7S/c1-23-9-15-27(16-10-23)49(45,46)39-21-7-8-28(39)29-36-37-38-41(29)34(5,31(43)47-6)22-24-11-13-26(14-12-24)40(32(44)48-33(2,3)4)30(42)25-17-19-35-20-18-25/h9-16,25,28,35H,7-8,17-22H2,1-6H3/t28?,34-/m0/s1. The Balaban J connectivity index is 1.45. The largest absolute Gasteiger partial charge is 0.467 e. The zero-order valence-electron chi connectivity index (χ0n) is 28.9. The van der Waals surface area contributed by atoms with Gasteiger partial charge < -0.3 is 14.8 Å². The number of sulfonamides is 1. The van der Waals surface area contributed by atoms with Crippen LogP contribution >= 0.6 is 0 Å². The highest BCUT2D eigenvalue weighted by molar-refractivity contribution is 7.89. The van der Waals surface area contributed by atoms with Crippen LogP contribution in [-0.2, 0) is 41.0 Å². The Morgan fingerprint density at radius 1 is 0.980 bits per heavy atom. The second-order valence-corrected chi connectivity index (χ2v) is 15.7. The predicted octanol–water partition coefficient (Wildman–Crippen LogP) is 3.91. The van der Waals surface area contributed by atoms with E-state index < -0.39 is 39.3 Å². The van der Waals surface area contributed by atoms with Crippen LogP contribution < -0.4 is 10.2 Å². The molecule has 2 aromatic carbocycles. The third-order valence-electron chi connectivity index (χ3n) is 8.94. The molecule has 1 N–H and O–H groups in total. The Morgan fingerprint density at radius 2 is 1.63 bits per heavy atom. The molecular formula is C34H45N7O7S. The first-order valence-corrected chi connectivity index (χ1v) is 17.9. The first kappa shape index (κ1) is 36.1. The van der Waals surface area contributed by atoms with E-state index in [4.69, 9.17) is 9.47 Å². The summed E-state index contributed by atoms with van der Waals surface area (Å²) in [4.78, 5) is 41.8. The average Bonchev–Trinajstić information content (AvgIpc) is 3.76. The summed E-state index contributed by atoms with van der Waals surface area (Å²) in [5, 5.41) is 15.5. The van der Waals surface area contributed by atoms with Gasteiger partial charge in [-0.05, 0) is 114 Å². The van der Waals surface area contributed by atoms with Gasteiger partial charge >= 0.3 is 12.1 Å². The fourth-order valence-electron chi connectivity index (χ4n) is 6.38. The van der Waals surface area contributed by atoms with Crippen LogP contribution in [0.25, 0.3) is 0 Å². The first-order valence-electron chi connectivity index (χ1n) is 16.5. The molecule has 5 rings (SSSR count). The fraction of sp³-hybridized carbons (Fsp3) is 0.529. The number of aryl methyl sites for hydroxylation is 1. The van der Waals surface area contributed by atoms with Gasteiger partial charge in [-0.1, -0.05) is 29.8 Å². The predicted molar refractivity (Wildman–Crippen MR) is 180 cm³/mol. The number of methoxy groups -OCH3 is 1. The third-order valence-corrected chi connectivity index (χ3v) is 10.9. The van der Waals surface area contributed by atoms with Crippen LogP contribution in [0.15, 0.2) is 53.4 Å². The van der Waals surface area contributed by atoms with Crippen molar-refractivity contribution in [1.29, 1.82) is 0 Å². The second-order valence-electron chi connectivity index (χ2n) is 13.8. The van der Waals surface area contributed by atoms with E-state index in [2.05, 4.69) is 20.8 Å². The summed E-state index contributed by atoms with van der Waals surface area (Å²) in [5.74, 6) is -1.07. The number of nitrogens with one attached hydrogen (secondary N) is 1. The fourth-order valence-corrected chi connectivity index (χ4v) is 8.04. The lowest BCUT2D eigenvalue weighted by Gasteiger charge is -2.31. The first-order chi connectivity index (χ1) is 23.2. The van der Waals surface area contributed by atoms with Crippen molar-refractivity contribution in [3.8, 4) is 0 Å². The third kappa shape index (κ3) is 7.68. The smallest absolute Gasteiger partial charge is 0.421 e. The summed E-state index contributed by atoms with van der Waals surface area (Å²) in [6.45, 7) is 10.4. The number of carbonyl (C=O) groups is 3. The molecule has 2 aliphatic rings. The van der Waals surface area contributed by atoms with Crippen molar-refractivity contribution in [1.82, 2.24) is 29.8 Å². The van der Waals surface area contributed by atoms with E-state index in [1.807, 2.05) is 6.92 Å². The lowest BCUT2D eigenvalue weighted by Crippen LogP contribution is -2.46. The van der Waals surface area contributed by atoms with Gasteiger partial charge in [-0.15, -0.1) is 5.10 Å². The monoisotopic (exact) mass is 695 g/mol. The van der Waals surface area contributed by atoms with E-state index in [-0.39, 0.29) is 35.5 Å². The number of esters is 1. The molecule has 15 heteroatoms. The maximum absolute atomic E-state index is 13.7. The van der Waals surface area contributed by atoms with Crippen molar-refractivity contribution < 1.29 is 32.3 Å². The van der Waals surface area contributed by atoms with Crippen molar-refractivity contribution >= 4 is 33.7 Å². The number of benzene rings is 2. The van der Waals surface area contributed by atoms with Gasteiger partial charge in [0.25, 0.3) is 0 Å². The molecule has 1 unspecified atom stereocenters. The number of amides is 2. The maximum atomic E-state index is 13.7. The highest BCUT2D eigenvalue weighted by Gasteiger charge is 2.45. The normalized spacial score (nSPS) is 18.9. The van der Waals surface area contributed by atoms with Gasteiger partial charge in [0.05, 0.1) is 23.7 Å². The Kier molecular flexibility index (Phi) is 10.6. The number of hydrogen-bond donors (Lipinski definition) is 1. The molecule has 3 aromatic rings. The Hall–Kier alpha value is -4.21. The lowest BCUT2D eigenvalue weighted by atomic mass is 9.92. The molecule has 0 radical (unpaired) electrons. The number of anilines is 1.